The maximum atomic E-state index is 8.36. The molecule has 3 heterocycles. The number of thiophene rings is 1. The molecule has 0 bridgehead atoms. The van der Waals surface area contributed by atoms with E-state index in [0.717, 1.165) is 37.9 Å². The van der Waals surface area contributed by atoms with Crippen LogP contribution in [0, 0.1) is 12.1 Å². The van der Waals surface area contributed by atoms with E-state index in [-0.39, 0.29) is 20.1 Å². The molecule has 0 aliphatic heterocycles. The van der Waals surface area contributed by atoms with Gasteiger partial charge in [0.05, 0.1) is 8.07 Å². The third-order valence-electron chi connectivity index (χ3n) is 7.89. The summed E-state index contributed by atoms with van der Waals surface area (Å²) >= 11 is 1.71. The summed E-state index contributed by atoms with van der Waals surface area (Å²) < 4.78 is 27.0. The van der Waals surface area contributed by atoms with Crippen LogP contribution < -0.4 is 5.19 Å². The predicted molar refractivity (Wildman–Crippen MR) is 198 cm³/mol. The van der Waals surface area contributed by atoms with Crippen LogP contribution in [-0.4, -0.2) is 18.0 Å². The van der Waals surface area contributed by atoms with Crippen LogP contribution >= 0.6 is 11.3 Å². The molecule has 7 aromatic rings. The van der Waals surface area contributed by atoms with Gasteiger partial charge in [0, 0.05) is 41.3 Å². The van der Waals surface area contributed by atoms with Crippen molar-refractivity contribution >= 4 is 55.5 Å². The minimum absolute atomic E-state index is 0. The van der Waals surface area contributed by atoms with Gasteiger partial charge < -0.3 is 9.97 Å². The summed E-state index contributed by atoms with van der Waals surface area (Å²) in [6.07, 6.45) is 3.35. The first-order valence-corrected chi connectivity index (χ1v) is 19.4. The van der Waals surface area contributed by atoms with E-state index in [9.17, 15) is 0 Å². The number of aromatic nitrogens is 2. The van der Waals surface area contributed by atoms with Crippen molar-refractivity contribution in [2.45, 2.75) is 45.8 Å². The van der Waals surface area contributed by atoms with E-state index in [0.29, 0.717) is 11.3 Å². The van der Waals surface area contributed by atoms with Crippen LogP contribution in [0.15, 0.2) is 116 Å². The maximum Gasteiger partial charge on any atom is 0.0795 e. The second kappa shape index (κ2) is 14.4. The van der Waals surface area contributed by atoms with Gasteiger partial charge in [0.15, 0.2) is 0 Å². The van der Waals surface area contributed by atoms with Gasteiger partial charge in [-0.3, -0.25) is 0 Å². The Morgan fingerprint density at radius 1 is 0.870 bits per heavy atom. The molecule has 233 valence electrons. The quantitative estimate of drug-likeness (QED) is 0.0950. The summed E-state index contributed by atoms with van der Waals surface area (Å²) in [5, 5.41) is 6.03. The van der Waals surface area contributed by atoms with Gasteiger partial charge in [-0.15, -0.1) is 66.2 Å². The molecule has 0 aliphatic rings. The first-order chi connectivity index (χ1) is 22.8. The second-order valence-corrected chi connectivity index (χ2v) is 18.4. The molecule has 0 fully saturated rings. The molecule has 1 radical (unpaired) electrons. The molecule has 0 atom stereocenters. The van der Waals surface area contributed by atoms with Crippen LogP contribution in [0.4, 0.5) is 0 Å². The average molecular weight is 814 g/mol. The van der Waals surface area contributed by atoms with Crippen molar-refractivity contribution in [1.29, 1.82) is 0 Å². The van der Waals surface area contributed by atoms with Crippen LogP contribution in [-0.2, 0) is 26.5 Å². The Morgan fingerprint density at radius 3 is 2.37 bits per heavy atom. The number of rotatable bonds is 6. The van der Waals surface area contributed by atoms with Crippen molar-refractivity contribution in [2.75, 3.05) is 0 Å². The smallest absolute Gasteiger partial charge is 0.0795 e. The first-order valence-electron chi connectivity index (χ1n) is 16.6. The molecular weight excluding hydrogens is 773 g/mol. The van der Waals surface area contributed by atoms with Crippen LogP contribution in [0.2, 0.25) is 19.6 Å². The van der Waals surface area contributed by atoms with Crippen LogP contribution in [0.3, 0.4) is 0 Å². The van der Waals surface area contributed by atoms with Crippen molar-refractivity contribution < 1.29 is 24.2 Å². The Kier molecular flexibility index (Phi) is 9.26. The van der Waals surface area contributed by atoms with Crippen molar-refractivity contribution in [1.82, 2.24) is 9.97 Å². The van der Waals surface area contributed by atoms with Crippen molar-refractivity contribution in [2.24, 2.45) is 0 Å². The fourth-order valence-corrected chi connectivity index (χ4v) is 7.73. The fraction of sp³-hybridized carbons (Fsp3) is 0.171. The van der Waals surface area contributed by atoms with Gasteiger partial charge in [-0.05, 0) is 66.9 Å². The monoisotopic (exact) mass is 814 g/mol. The van der Waals surface area contributed by atoms with E-state index in [1.54, 1.807) is 29.7 Å². The summed E-state index contributed by atoms with van der Waals surface area (Å²) in [5.41, 5.74) is 5.17. The Hall–Kier alpha value is -3.73. The van der Waals surface area contributed by atoms with E-state index >= 15 is 0 Å². The molecule has 0 amide bonds. The van der Waals surface area contributed by atoms with Gasteiger partial charge in [-0.25, -0.2) is 0 Å². The summed E-state index contributed by atoms with van der Waals surface area (Å²) in [6.45, 7) is 14.4. The Balaban J connectivity index is 0.000000233. The molecule has 4 aromatic carbocycles. The molecule has 46 heavy (non-hydrogen) atoms. The molecule has 0 saturated carbocycles. The topological polar surface area (TPSA) is 25.8 Å². The molecule has 0 unspecified atom stereocenters. The van der Waals surface area contributed by atoms with Gasteiger partial charge in [-0.2, -0.15) is 11.3 Å². The van der Waals surface area contributed by atoms with Crippen molar-refractivity contribution in [3.63, 3.8) is 0 Å². The van der Waals surface area contributed by atoms with Crippen LogP contribution in [0.1, 0.15) is 35.0 Å². The van der Waals surface area contributed by atoms with Crippen molar-refractivity contribution in [3.05, 3.63) is 139 Å². The van der Waals surface area contributed by atoms with Gasteiger partial charge in [0.25, 0.3) is 0 Å². The first kappa shape index (κ1) is 29.7. The molecular formula is C41H38IrN2SSi-2. The molecule has 7 rings (SSSR count). The van der Waals surface area contributed by atoms with E-state index in [2.05, 4.69) is 96.9 Å². The minimum Gasteiger partial charge on any atom is -0.305 e. The third kappa shape index (κ3) is 7.14. The molecule has 0 saturated heterocycles. The average Bonchev–Trinajstić information content (AvgIpc) is 3.47. The summed E-state index contributed by atoms with van der Waals surface area (Å²) in [6, 6.07) is 36.8. The number of hydrogen-bond acceptors (Lipinski definition) is 3. The van der Waals surface area contributed by atoms with Gasteiger partial charge in [0.1, 0.15) is 0 Å². The summed E-state index contributed by atoms with van der Waals surface area (Å²) in [7, 11) is -1.23. The molecule has 3 aromatic heterocycles. The summed E-state index contributed by atoms with van der Waals surface area (Å²) in [5.74, 6) is -0.640. The van der Waals surface area contributed by atoms with Gasteiger partial charge in [-0.1, -0.05) is 93.5 Å². The largest absolute Gasteiger partial charge is 0.305 e. The zero-order valence-electron chi connectivity index (χ0n) is 29.7. The van der Waals surface area contributed by atoms with Crippen molar-refractivity contribution in [3.8, 4) is 22.5 Å². The van der Waals surface area contributed by atoms with Crippen LogP contribution in [0.25, 0.3) is 53.5 Å². The number of allylic oxidation sites excluding steroid dienone is 1. The van der Waals surface area contributed by atoms with E-state index in [4.69, 9.17) is 4.11 Å². The van der Waals surface area contributed by atoms with Gasteiger partial charge >= 0.3 is 0 Å². The van der Waals surface area contributed by atoms with E-state index < -0.39 is 20.3 Å². The number of hydrogen-bond donors (Lipinski definition) is 0. The predicted octanol–water partition coefficient (Wildman–Crippen LogP) is 11.0. The van der Waals surface area contributed by atoms with E-state index in [1.165, 1.54) is 26.7 Å². The molecule has 5 heteroatoms. The Bertz CT molecular complexity index is 2250. The summed E-state index contributed by atoms with van der Waals surface area (Å²) in [4.78, 5) is 9.05. The second-order valence-electron chi connectivity index (χ2n) is 12.3. The maximum absolute atomic E-state index is 8.36. The zero-order valence-corrected chi connectivity index (χ0v) is 30.9. The normalized spacial score (nSPS) is 12.8. The zero-order chi connectivity index (χ0) is 34.3. The number of pyridine rings is 2. The Labute approximate surface area is 295 Å². The standard InChI is InChI=1S/C27H22NS.C14H16NSi.Ir/c1-4-6-18-13-14-28-25(15-18)24-8-5-7-22-23-12-10-20-16-19(17(2)3)9-11-21(20)26(23)29-27(22)24;1-16(2,3)13-9-10-14(15-11-13)12-7-5-4-6-8-12;/h4-5,7,9-17H,1,6H2,2-3H3;4-7,9-11H,1-3H3;/q2*-1;/i6D2,17D;;. The molecule has 2 nitrogen and oxygen atoms in total. The van der Waals surface area contributed by atoms with E-state index in [1.807, 2.05) is 50.4 Å². The third-order valence-corrected chi connectivity index (χ3v) is 11.2. The molecule has 0 aliphatic carbocycles. The fourth-order valence-electron chi connectivity index (χ4n) is 5.35. The number of fused-ring (bicyclic) bond motifs is 5. The number of benzene rings is 4. The van der Waals surface area contributed by atoms with Crippen LogP contribution in [0.5, 0.6) is 0 Å². The SMILES string of the molecule is C[Si](C)(C)c1ccc(-c2[c-]cccc2)nc1.[2H]C(C)(C)c1ccc2c(ccc3c4cc[c-]c(-c5cc(C([2H])([2H])C=C)ccn5)c4sc23)c1.[Ir]. The Morgan fingerprint density at radius 2 is 1.67 bits per heavy atom. The minimum atomic E-state index is -1.62. The molecule has 0 N–H and O–H groups in total. The van der Waals surface area contributed by atoms with Gasteiger partial charge in [0.2, 0.25) is 0 Å². The molecule has 0 spiro atoms. The number of nitrogens with zero attached hydrogens (tertiary/aromatic N) is 2.